The highest BCUT2D eigenvalue weighted by Gasteiger charge is 2.31. The Morgan fingerprint density at radius 2 is 2.06 bits per heavy atom. The van der Waals surface area contributed by atoms with Gasteiger partial charge in [-0.1, -0.05) is 0 Å². The van der Waals surface area contributed by atoms with Crippen LogP contribution in [-0.4, -0.2) is 60.8 Å². The van der Waals surface area contributed by atoms with Gasteiger partial charge in [0.1, 0.15) is 5.60 Å². The SMILES string of the molecule is CN1CCN(C(=O)OC(C)(C)C)C(CN)C1. The van der Waals surface area contributed by atoms with Gasteiger partial charge in [0.05, 0.1) is 6.04 Å². The highest BCUT2D eigenvalue weighted by atomic mass is 16.6. The van der Waals surface area contributed by atoms with Gasteiger partial charge in [0.15, 0.2) is 0 Å². The van der Waals surface area contributed by atoms with Crippen LogP contribution in [-0.2, 0) is 4.74 Å². The van der Waals surface area contributed by atoms with E-state index in [0.717, 1.165) is 13.1 Å². The van der Waals surface area contributed by atoms with E-state index in [1.54, 1.807) is 4.90 Å². The fraction of sp³-hybridized carbons (Fsp3) is 0.909. The van der Waals surface area contributed by atoms with E-state index < -0.39 is 5.60 Å². The lowest BCUT2D eigenvalue weighted by Gasteiger charge is -2.39. The van der Waals surface area contributed by atoms with Crippen molar-refractivity contribution >= 4 is 6.09 Å². The maximum Gasteiger partial charge on any atom is 0.410 e. The molecule has 1 fully saturated rings. The summed E-state index contributed by atoms with van der Waals surface area (Å²) in [5.41, 5.74) is 5.24. The van der Waals surface area contributed by atoms with Crippen molar-refractivity contribution in [3.05, 3.63) is 0 Å². The van der Waals surface area contributed by atoms with Crippen LogP contribution in [0.15, 0.2) is 0 Å². The minimum absolute atomic E-state index is 0.0635. The Morgan fingerprint density at radius 3 is 2.56 bits per heavy atom. The van der Waals surface area contributed by atoms with Gasteiger partial charge in [0.2, 0.25) is 0 Å². The molecule has 0 bridgehead atoms. The Labute approximate surface area is 97.5 Å². The van der Waals surface area contributed by atoms with Crippen molar-refractivity contribution in [2.45, 2.75) is 32.4 Å². The quantitative estimate of drug-likeness (QED) is 0.711. The zero-order valence-corrected chi connectivity index (χ0v) is 10.7. The lowest BCUT2D eigenvalue weighted by atomic mass is 10.2. The van der Waals surface area contributed by atoms with Crippen LogP contribution in [0.3, 0.4) is 0 Å². The average molecular weight is 229 g/mol. The van der Waals surface area contributed by atoms with Crippen LogP contribution in [0.4, 0.5) is 4.79 Å². The zero-order chi connectivity index (χ0) is 12.3. The first-order valence-corrected chi connectivity index (χ1v) is 5.71. The molecule has 1 amide bonds. The van der Waals surface area contributed by atoms with E-state index in [1.165, 1.54) is 0 Å². The topological polar surface area (TPSA) is 58.8 Å². The van der Waals surface area contributed by atoms with Gasteiger partial charge >= 0.3 is 6.09 Å². The second kappa shape index (κ2) is 5.01. The molecule has 0 aromatic rings. The third-order valence-corrected chi connectivity index (χ3v) is 2.59. The molecule has 0 aliphatic carbocycles. The lowest BCUT2D eigenvalue weighted by molar-refractivity contribution is 0.00288. The summed E-state index contributed by atoms with van der Waals surface area (Å²) in [7, 11) is 2.04. The summed E-state index contributed by atoms with van der Waals surface area (Å²) in [6.07, 6.45) is -0.254. The summed E-state index contributed by atoms with van der Waals surface area (Å²) in [5.74, 6) is 0. The summed E-state index contributed by atoms with van der Waals surface area (Å²) in [5, 5.41) is 0. The van der Waals surface area contributed by atoms with Gasteiger partial charge in [-0.25, -0.2) is 4.79 Å². The van der Waals surface area contributed by atoms with Gasteiger partial charge in [-0.15, -0.1) is 0 Å². The van der Waals surface area contributed by atoms with Gasteiger partial charge in [0, 0.05) is 26.2 Å². The Morgan fingerprint density at radius 1 is 1.44 bits per heavy atom. The highest BCUT2D eigenvalue weighted by Crippen LogP contribution is 2.14. The van der Waals surface area contributed by atoms with Crippen LogP contribution in [0.2, 0.25) is 0 Å². The van der Waals surface area contributed by atoms with Crippen LogP contribution in [0.1, 0.15) is 20.8 Å². The molecule has 1 unspecified atom stereocenters. The van der Waals surface area contributed by atoms with Crippen LogP contribution in [0.25, 0.3) is 0 Å². The van der Waals surface area contributed by atoms with E-state index >= 15 is 0 Å². The van der Waals surface area contributed by atoms with Crippen molar-refractivity contribution in [2.75, 3.05) is 33.2 Å². The molecule has 1 atom stereocenters. The largest absolute Gasteiger partial charge is 0.444 e. The molecule has 1 rings (SSSR count). The molecule has 2 N–H and O–H groups in total. The molecular formula is C11H23N3O2. The normalized spacial score (nSPS) is 23.3. The van der Waals surface area contributed by atoms with Crippen molar-refractivity contribution < 1.29 is 9.53 Å². The number of likely N-dealkylation sites (N-methyl/N-ethyl adjacent to an activating group) is 1. The third kappa shape index (κ3) is 3.64. The Bertz CT molecular complexity index is 250. The Balaban J connectivity index is 2.60. The number of rotatable bonds is 1. The molecule has 1 saturated heterocycles. The molecular weight excluding hydrogens is 206 g/mol. The summed E-state index contributed by atoms with van der Waals surface area (Å²) >= 11 is 0. The van der Waals surface area contributed by atoms with Gasteiger partial charge in [-0.05, 0) is 27.8 Å². The molecule has 0 spiro atoms. The first-order chi connectivity index (χ1) is 7.33. The van der Waals surface area contributed by atoms with Crippen molar-refractivity contribution in [2.24, 2.45) is 5.73 Å². The number of ether oxygens (including phenoxy) is 1. The van der Waals surface area contributed by atoms with Crippen molar-refractivity contribution in [3.8, 4) is 0 Å². The molecule has 0 radical (unpaired) electrons. The minimum atomic E-state index is -0.445. The number of carbonyl (C=O) groups excluding carboxylic acids is 1. The molecule has 94 valence electrons. The van der Waals surface area contributed by atoms with Gasteiger partial charge in [0.25, 0.3) is 0 Å². The van der Waals surface area contributed by atoms with Crippen molar-refractivity contribution in [1.82, 2.24) is 9.80 Å². The number of hydrogen-bond acceptors (Lipinski definition) is 4. The maximum absolute atomic E-state index is 11.9. The fourth-order valence-electron chi connectivity index (χ4n) is 1.77. The van der Waals surface area contributed by atoms with E-state index in [1.807, 2.05) is 27.8 Å². The van der Waals surface area contributed by atoms with E-state index in [2.05, 4.69) is 4.90 Å². The van der Waals surface area contributed by atoms with Crippen LogP contribution < -0.4 is 5.73 Å². The first-order valence-electron chi connectivity index (χ1n) is 5.71. The zero-order valence-electron chi connectivity index (χ0n) is 10.7. The number of nitrogens with zero attached hydrogens (tertiary/aromatic N) is 2. The number of hydrogen-bond donors (Lipinski definition) is 1. The molecule has 5 nitrogen and oxygen atoms in total. The number of piperazine rings is 1. The molecule has 16 heavy (non-hydrogen) atoms. The van der Waals surface area contributed by atoms with Crippen molar-refractivity contribution in [3.63, 3.8) is 0 Å². The maximum atomic E-state index is 11.9. The molecule has 0 saturated carbocycles. The van der Waals surface area contributed by atoms with Crippen molar-refractivity contribution in [1.29, 1.82) is 0 Å². The molecule has 1 heterocycles. The standard InChI is InChI=1S/C11H23N3O2/c1-11(2,3)16-10(15)14-6-5-13(4)8-9(14)7-12/h9H,5-8,12H2,1-4H3. The smallest absolute Gasteiger partial charge is 0.410 e. The van der Waals surface area contributed by atoms with E-state index in [-0.39, 0.29) is 12.1 Å². The number of amides is 1. The molecule has 1 aliphatic rings. The molecule has 0 aromatic heterocycles. The Hall–Kier alpha value is -0.810. The summed E-state index contributed by atoms with van der Waals surface area (Å²) in [4.78, 5) is 15.8. The number of carbonyl (C=O) groups is 1. The van der Waals surface area contributed by atoms with E-state index in [9.17, 15) is 4.79 Å². The highest BCUT2D eigenvalue weighted by molar-refractivity contribution is 5.68. The monoisotopic (exact) mass is 229 g/mol. The van der Waals surface area contributed by atoms with Crippen LogP contribution in [0, 0.1) is 0 Å². The second-order valence-electron chi connectivity index (χ2n) is 5.33. The van der Waals surface area contributed by atoms with E-state index in [0.29, 0.717) is 13.1 Å². The fourth-order valence-corrected chi connectivity index (χ4v) is 1.77. The third-order valence-electron chi connectivity index (χ3n) is 2.59. The molecule has 1 aliphatic heterocycles. The minimum Gasteiger partial charge on any atom is -0.444 e. The molecule has 0 aromatic carbocycles. The average Bonchev–Trinajstić information content (AvgIpc) is 2.14. The first kappa shape index (κ1) is 13.3. The second-order valence-corrected chi connectivity index (χ2v) is 5.33. The van der Waals surface area contributed by atoms with Crippen LogP contribution in [0.5, 0.6) is 0 Å². The molecule has 5 heteroatoms. The summed E-state index contributed by atoms with van der Waals surface area (Å²) in [6, 6.07) is 0.0635. The van der Waals surface area contributed by atoms with Gasteiger partial charge in [-0.3, -0.25) is 0 Å². The lowest BCUT2D eigenvalue weighted by Crippen LogP contribution is -2.57. The number of nitrogens with two attached hydrogens (primary N) is 1. The van der Waals surface area contributed by atoms with Gasteiger partial charge in [-0.2, -0.15) is 0 Å². The van der Waals surface area contributed by atoms with Crippen LogP contribution >= 0.6 is 0 Å². The predicted molar refractivity (Wildman–Crippen MR) is 63.3 cm³/mol. The summed E-state index contributed by atoms with van der Waals surface area (Å²) in [6.45, 7) is 8.47. The van der Waals surface area contributed by atoms with Gasteiger partial charge < -0.3 is 20.3 Å². The summed E-state index contributed by atoms with van der Waals surface area (Å²) < 4.78 is 5.36. The Kier molecular flexibility index (Phi) is 4.15. The predicted octanol–water partition coefficient (Wildman–Crippen LogP) is 0.496. The van der Waals surface area contributed by atoms with E-state index in [4.69, 9.17) is 10.5 Å².